The molecule has 4 heteroatoms. The molecule has 4 nitrogen and oxygen atoms in total. The molecule has 0 fully saturated rings. The lowest BCUT2D eigenvalue weighted by Gasteiger charge is -2.11. The van der Waals surface area contributed by atoms with E-state index >= 15 is 0 Å². The first kappa shape index (κ1) is 7.78. The summed E-state index contributed by atoms with van der Waals surface area (Å²) in [5, 5.41) is 9.01. The predicted molar refractivity (Wildman–Crippen MR) is 45.0 cm³/mol. The van der Waals surface area contributed by atoms with E-state index in [1.165, 1.54) is 12.3 Å². The number of nitrogens with two attached hydrogens (primary N) is 1. The van der Waals surface area contributed by atoms with Crippen LogP contribution < -0.4 is 11.2 Å². The number of nitrogens with one attached hydrogen (secondary N) is 1. The zero-order valence-electron chi connectivity index (χ0n) is 6.70. The summed E-state index contributed by atoms with van der Waals surface area (Å²) in [5.41, 5.74) is 8.56. The number of anilines is 1. The highest BCUT2D eigenvalue weighted by atomic mass is 16.3. The van der Waals surface area contributed by atoms with E-state index in [1.54, 1.807) is 4.68 Å². The summed E-state index contributed by atoms with van der Waals surface area (Å²) in [4.78, 5) is 0. The number of hydrogen-bond acceptors (Lipinski definition) is 3. The maximum absolute atomic E-state index is 9.01. The molecule has 0 spiro atoms. The average Bonchev–Trinajstić information content (AvgIpc) is 2.09. The van der Waals surface area contributed by atoms with Gasteiger partial charge in [0.1, 0.15) is 11.6 Å². The van der Waals surface area contributed by atoms with E-state index in [1.807, 2.05) is 13.8 Å². The van der Waals surface area contributed by atoms with Crippen LogP contribution in [0.5, 0.6) is 5.75 Å². The second kappa shape index (κ2) is 2.74. The van der Waals surface area contributed by atoms with Crippen LogP contribution in [0.25, 0.3) is 0 Å². The molecule has 1 rings (SSSR count). The lowest BCUT2D eigenvalue weighted by molar-refractivity contribution is 0.474. The fraction of sp³-hybridized carbons (Fsp3) is 0.429. The van der Waals surface area contributed by atoms with E-state index in [0.29, 0.717) is 11.9 Å². The van der Waals surface area contributed by atoms with Crippen molar-refractivity contribution in [1.29, 1.82) is 0 Å². The van der Waals surface area contributed by atoms with Gasteiger partial charge in [0.15, 0.2) is 0 Å². The molecule has 0 amide bonds. The van der Waals surface area contributed by atoms with E-state index in [9.17, 15) is 0 Å². The molecule has 4 N–H and O–H groups in total. The molecule has 0 atom stereocenters. The summed E-state index contributed by atoms with van der Waals surface area (Å²) in [5.74, 6) is 0.687. The van der Waals surface area contributed by atoms with E-state index in [-0.39, 0.29) is 5.75 Å². The summed E-state index contributed by atoms with van der Waals surface area (Å²) < 4.78 is 1.60. The Labute approximate surface area is 65.6 Å². The third-order valence-corrected chi connectivity index (χ3v) is 1.23. The fourth-order valence-electron chi connectivity index (χ4n) is 0.855. The maximum atomic E-state index is 9.01. The number of aromatic nitrogens is 1. The molecule has 1 aromatic rings. The molecular weight excluding hydrogens is 142 g/mol. The predicted octanol–water partition coefficient (Wildman–Crippen LogP) is 0.728. The molecule has 0 unspecified atom stereocenters. The highest BCUT2D eigenvalue weighted by molar-refractivity contribution is 5.39. The van der Waals surface area contributed by atoms with Crippen molar-refractivity contribution in [1.82, 2.24) is 4.68 Å². The Morgan fingerprint density at radius 2 is 2.27 bits per heavy atom. The number of nitrogens with zero attached hydrogens (tertiary/aromatic N) is 1. The van der Waals surface area contributed by atoms with Crippen molar-refractivity contribution in [2.24, 2.45) is 0 Å². The fourth-order valence-corrected chi connectivity index (χ4v) is 0.855. The number of rotatable bonds is 2. The largest absolute Gasteiger partial charge is 0.506 e. The molecule has 62 valence electrons. The van der Waals surface area contributed by atoms with Gasteiger partial charge in [-0.05, 0) is 13.8 Å². The van der Waals surface area contributed by atoms with Gasteiger partial charge in [-0.2, -0.15) is 0 Å². The van der Waals surface area contributed by atoms with Crippen LogP contribution in [0, 0.1) is 0 Å². The zero-order valence-corrected chi connectivity index (χ0v) is 6.70. The van der Waals surface area contributed by atoms with Crippen LogP contribution in [0.3, 0.4) is 0 Å². The van der Waals surface area contributed by atoms with Crippen molar-refractivity contribution in [3.63, 3.8) is 0 Å². The summed E-state index contributed by atoms with van der Waals surface area (Å²) >= 11 is 0. The average molecular weight is 155 g/mol. The van der Waals surface area contributed by atoms with Gasteiger partial charge in [0.05, 0.1) is 6.20 Å². The first-order valence-corrected chi connectivity index (χ1v) is 3.53. The molecule has 0 aliphatic heterocycles. The van der Waals surface area contributed by atoms with E-state index in [4.69, 9.17) is 10.8 Å². The maximum Gasteiger partial charge on any atom is 0.137 e. The van der Waals surface area contributed by atoms with Crippen LogP contribution >= 0.6 is 0 Å². The second-order valence-corrected chi connectivity index (χ2v) is 2.78. The monoisotopic (exact) mass is 155 g/mol. The molecule has 0 aliphatic rings. The Kier molecular flexibility index (Phi) is 1.94. The van der Waals surface area contributed by atoms with Crippen molar-refractivity contribution in [3.05, 3.63) is 12.3 Å². The molecule has 0 saturated carbocycles. The van der Waals surface area contributed by atoms with Crippen molar-refractivity contribution >= 4 is 5.82 Å². The van der Waals surface area contributed by atoms with Crippen LogP contribution in [-0.4, -0.2) is 15.8 Å². The number of aromatic hydroxyl groups is 1. The van der Waals surface area contributed by atoms with Gasteiger partial charge in [0.25, 0.3) is 0 Å². The minimum atomic E-state index is 0.177. The van der Waals surface area contributed by atoms with Crippen LogP contribution in [0.15, 0.2) is 12.3 Å². The Morgan fingerprint density at radius 3 is 2.64 bits per heavy atom. The topological polar surface area (TPSA) is 63.2 Å². The van der Waals surface area contributed by atoms with E-state index in [2.05, 4.69) is 5.43 Å². The van der Waals surface area contributed by atoms with Crippen LogP contribution in [0.4, 0.5) is 5.82 Å². The van der Waals surface area contributed by atoms with E-state index in [0.717, 1.165) is 0 Å². The van der Waals surface area contributed by atoms with Gasteiger partial charge < -0.3 is 16.3 Å². The Bertz CT molecular complexity index is 242. The Balaban J connectivity index is 2.77. The van der Waals surface area contributed by atoms with Gasteiger partial charge in [0, 0.05) is 12.1 Å². The Hall–Kier alpha value is -1.32. The third kappa shape index (κ3) is 1.80. The first-order chi connectivity index (χ1) is 5.09. The minimum absolute atomic E-state index is 0.177. The SMILES string of the molecule is CC(C)Nn1cc(O)cc1N. The molecule has 11 heavy (non-hydrogen) atoms. The molecule has 0 saturated heterocycles. The lowest BCUT2D eigenvalue weighted by atomic mass is 10.4. The second-order valence-electron chi connectivity index (χ2n) is 2.78. The highest BCUT2D eigenvalue weighted by Gasteiger charge is 2.00. The van der Waals surface area contributed by atoms with E-state index < -0.39 is 0 Å². The number of nitrogen functional groups attached to an aromatic ring is 1. The quantitative estimate of drug-likeness (QED) is 0.590. The van der Waals surface area contributed by atoms with Crippen LogP contribution in [-0.2, 0) is 0 Å². The summed E-state index contributed by atoms with van der Waals surface area (Å²) in [6.45, 7) is 3.99. The molecule has 0 aliphatic carbocycles. The molecule has 1 aromatic heterocycles. The van der Waals surface area contributed by atoms with Gasteiger partial charge in [-0.15, -0.1) is 0 Å². The molecule has 0 aromatic carbocycles. The van der Waals surface area contributed by atoms with Gasteiger partial charge in [-0.25, -0.2) is 4.68 Å². The van der Waals surface area contributed by atoms with Crippen molar-refractivity contribution < 1.29 is 5.11 Å². The van der Waals surface area contributed by atoms with Gasteiger partial charge >= 0.3 is 0 Å². The highest BCUT2D eigenvalue weighted by Crippen LogP contribution is 2.14. The standard InChI is InChI=1S/C7H13N3O/c1-5(2)9-10-4-6(11)3-7(10)8/h3-5,9,11H,8H2,1-2H3. The third-order valence-electron chi connectivity index (χ3n) is 1.23. The summed E-state index contributed by atoms with van der Waals surface area (Å²) in [7, 11) is 0. The van der Waals surface area contributed by atoms with Crippen molar-refractivity contribution in [2.75, 3.05) is 11.2 Å². The van der Waals surface area contributed by atoms with Crippen molar-refractivity contribution in [2.45, 2.75) is 19.9 Å². The van der Waals surface area contributed by atoms with Gasteiger partial charge in [-0.1, -0.05) is 0 Å². The zero-order chi connectivity index (χ0) is 8.43. The number of hydrogen-bond donors (Lipinski definition) is 3. The summed E-state index contributed by atoms with van der Waals surface area (Å²) in [6, 6.07) is 1.79. The summed E-state index contributed by atoms with van der Waals surface area (Å²) in [6.07, 6.45) is 1.54. The molecule has 0 radical (unpaired) electrons. The van der Waals surface area contributed by atoms with Crippen LogP contribution in [0.1, 0.15) is 13.8 Å². The van der Waals surface area contributed by atoms with Crippen molar-refractivity contribution in [3.8, 4) is 5.75 Å². The normalized spacial score (nSPS) is 10.5. The first-order valence-electron chi connectivity index (χ1n) is 3.53. The molecule has 1 heterocycles. The van der Waals surface area contributed by atoms with Gasteiger partial charge in [-0.3, -0.25) is 0 Å². The molecular formula is C7H13N3O. The van der Waals surface area contributed by atoms with Gasteiger partial charge in [0.2, 0.25) is 0 Å². The lowest BCUT2D eigenvalue weighted by Crippen LogP contribution is -2.22. The van der Waals surface area contributed by atoms with Crippen LogP contribution in [0.2, 0.25) is 0 Å². The smallest absolute Gasteiger partial charge is 0.137 e. The molecule has 0 bridgehead atoms. The Morgan fingerprint density at radius 1 is 1.64 bits per heavy atom. The minimum Gasteiger partial charge on any atom is -0.506 e.